The van der Waals surface area contributed by atoms with Crippen molar-refractivity contribution in [1.82, 2.24) is 0 Å². The Morgan fingerprint density at radius 1 is 1.29 bits per heavy atom. The maximum atomic E-state index is 11.1. The maximum absolute atomic E-state index is 11.1. The van der Waals surface area contributed by atoms with Gasteiger partial charge in [-0.15, -0.1) is 0 Å². The SMILES string of the molecule is C[N+](C)(C)CC(CC(=O)[O-])OC(=O)CC(=O)O. The lowest BCUT2D eigenvalue weighted by Gasteiger charge is -2.29. The molecular formula is C10H17NO6. The van der Waals surface area contributed by atoms with Crippen LogP contribution >= 0.6 is 0 Å². The van der Waals surface area contributed by atoms with Gasteiger partial charge in [0.25, 0.3) is 0 Å². The molecule has 0 saturated heterocycles. The minimum absolute atomic E-state index is 0.263. The molecule has 0 heterocycles. The van der Waals surface area contributed by atoms with Crippen molar-refractivity contribution in [1.29, 1.82) is 0 Å². The molecule has 98 valence electrons. The van der Waals surface area contributed by atoms with Crippen LogP contribution in [0.5, 0.6) is 0 Å². The first-order chi connectivity index (χ1) is 7.60. The first kappa shape index (κ1) is 15.4. The van der Waals surface area contributed by atoms with E-state index >= 15 is 0 Å². The number of carbonyl (C=O) groups is 3. The number of quaternary nitrogens is 1. The standard InChI is InChI=1S/C10H17NO6/c1-11(2,3)6-7(4-8(12)13)17-10(16)5-9(14)15/h7H,4-6H2,1-3H3,(H-,12,13,14,15). The Hall–Kier alpha value is -1.63. The third-order valence-corrected chi connectivity index (χ3v) is 1.74. The van der Waals surface area contributed by atoms with Crippen molar-refractivity contribution in [2.45, 2.75) is 18.9 Å². The number of carboxylic acids is 2. The minimum Gasteiger partial charge on any atom is -0.550 e. The summed E-state index contributed by atoms with van der Waals surface area (Å²) in [7, 11) is 5.40. The number of carbonyl (C=O) groups excluding carboxylic acids is 2. The van der Waals surface area contributed by atoms with Crippen molar-refractivity contribution in [2.24, 2.45) is 0 Å². The van der Waals surface area contributed by atoms with E-state index in [1.54, 1.807) is 21.1 Å². The van der Waals surface area contributed by atoms with Gasteiger partial charge >= 0.3 is 11.9 Å². The van der Waals surface area contributed by atoms with Gasteiger partial charge in [0.1, 0.15) is 13.0 Å². The van der Waals surface area contributed by atoms with Crippen LogP contribution in [0.3, 0.4) is 0 Å². The fourth-order valence-electron chi connectivity index (χ4n) is 1.29. The van der Waals surface area contributed by atoms with E-state index in [-0.39, 0.29) is 6.54 Å². The summed E-state index contributed by atoms with van der Waals surface area (Å²) in [4.78, 5) is 31.8. The number of nitrogens with zero attached hydrogens (tertiary/aromatic N) is 1. The maximum Gasteiger partial charge on any atom is 0.317 e. The monoisotopic (exact) mass is 247 g/mol. The number of esters is 1. The van der Waals surface area contributed by atoms with Crippen molar-refractivity contribution in [2.75, 3.05) is 27.7 Å². The molecule has 0 aliphatic carbocycles. The summed E-state index contributed by atoms with van der Waals surface area (Å²) in [6, 6.07) is 0. The predicted octanol–water partition coefficient (Wildman–Crippen LogP) is -1.78. The Morgan fingerprint density at radius 2 is 1.82 bits per heavy atom. The molecule has 1 atom stereocenters. The lowest BCUT2D eigenvalue weighted by atomic mass is 10.2. The Kier molecular flexibility index (Phi) is 5.60. The Bertz CT molecular complexity index is 306. The lowest BCUT2D eigenvalue weighted by molar-refractivity contribution is -0.873. The molecule has 0 aromatic carbocycles. The van der Waals surface area contributed by atoms with Crippen LogP contribution in [0.25, 0.3) is 0 Å². The van der Waals surface area contributed by atoms with Crippen molar-refractivity contribution in [3.63, 3.8) is 0 Å². The number of aliphatic carboxylic acids is 2. The van der Waals surface area contributed by atoms with Crippen LogP contribution in [0.2, 0.25) is 0 Å². The molecule has 1 unspecified atom stereocenters. The summed E-state index contributed by atoms with van der Waals surface area (Å²) in [6.07, 6.45) is -2.10. The quantitative estimate of drug-likeness (QED) is 0.324. The molecule has 7 heteroatoms. The minimum atomic E-state index is -1.34. The van der Waals surface area contributed by atoms with Crippen LogP contribution < -0.4 is 5.11 Å². The first-order valence-electron chi connectivity index (χ1n) is 5.01. The summed E-state index contributed by atoms with van der Waals surface area (Å²) in [5.41, 5.74) is 0. The fourth-order valence-corrected chi connectivity index (χ4v) is 1.29. The third-order valence-electron chi connectivity index (χ3n) is 1.74. The number of hydrogen-bond acceptors (Lipinski definition) is 5. The van der Waals surface area contributed by atoms with Crippen molar-refractivity contribution >= 4 is 17.9 Å². The molecule has 7 nitrogen and oxygen atoms in total. The highest BCUT2D eigenvalue weighted by Gasteiger charge is 2.23. The number of likely N-dealkylation sites (N-methyl/N-ethyl adjacent to an activating group) is 1. The summed E-state index contributed by atoms with van der Waals surface area (Å²) < 4.78 is 5.18. The lowest BCUT2D eigenvalue weighted by Crippen LogP contribution is -2.45. The van der Waals surface area contributed by atoms with Crippen LogP contribution in [-0.2, 0) is 19.1 Å². The van der Waals surface area contributed by atoms with Crippen molar-refractivity contribution < 1.29 is 33.8 Å². The van der Waals surface area contributed by atoms with Crippen LogP contribution in [0.4, 0.5) is 0 Å². The van der Waals surface area contributed by atoms with E-state index in [4.69, 9.17) is 9.84 Å². The first-order valence-corrected chi connectivity index (χ1v) is 5.01. The number of rotatable bonds is 7. The van der Waals surface area contributed by atoms with Gasteiger partial charge < -0.3 is 24.2 Å². The zero-order valence-electron chi connectivity index (χ0n) is 10.1. The molecule has 1 N–H and O–H groups in total. The molecule has 17 heavy (non-hydrogen) atoms. The zero-order chi connectivity index (χ0) is 13.6. The van der Waals surface area contributed by atoms with E-state index in [2.05, 4.69) is 0 Å². The molecule has 0 radical (unpaired) electrons. The van der Waals surface area contributed by atoms with Crippen LogP contribution in [0.1, 0.15) is 12.8 Å². The van der Waals surface area contributed by atoms with E-state index in [0.717, 1.165) is 0 Å². The van der Waals surface area contributed by atoms with Gasteiger partial charge in [-0.1, -0.05) is 0 Å². The number of carboxylic acid groups (broad SMARTS) is 2. The Balaban J connectivity index is 4.43. The van der Waals surface area contributed by atoms with E-state index in [0.29, 0.717) is 4.48 Å². The van der Waals surface area contributed by atoms with E-state index < -0.39 is 36.9 Å². The van der Waals surface area contributed by atoms with Gasteiger partial charge in [0, 0.05) is 12.4 Å². The van der Waals surface area contributed by atoms with Crippen LogP contribution in [0.15, 0.2) is 0 Å². The van der Waals surface area contributed by atoms with Gasteiger partial charge in [0.15, 0.2) is 6.10 Å². The number of ether oxygens (including phenoxy) is 1. The summed E-state index contributed by atoms with van der Waals surface area (Å²) in [5, 5.41) is 18.9. The van der Waals surface area contributed by atoms with Gasteiger partial charge in [0.2, 0.25) is 0 Å². The molecule has 0 aromatic rings. The highest BCUT2D eigenvalue weighted by molar-refractivity contribution is 5.90. The average Bonchev–Trinajstić information content (AvgIpc) is 1.95. The molecule has 0 aliphatic rings. The Labute approximate surface area is 99.2 Å². The van der Waals surface area contributed by atoms with Gasteiger partial charge in [-0.3, -0.25) is 9.59 Å². The fraction of sp³-hybridized carbons (Fsp3) is 0.700. The van der Waals surface area contributed by atoms with Crippen LogP contribution in [0, 0.1) is 0 Å². The molecule has 0 aliphatic heterocycles. The molecule has 0 aromatic heterocycles. The molecule has 0 rings (SSSR count). The second-order valence-corrected chi connectivity index (χ2v) is 4.73. The number of hydrogen-bond donors (Lipinski definition) is 1. The van der Waals surface area contributed by atoms with Gasteiger partial charge in [0.05, 0.1) is 21.1 Å². The van der Waals surface area contributed by atoms with E-state index in [1.165, 1.54) is 0 Å². The van der Waals surface area contributed by atoms with E-state index in [9.17, 15) is 19.5 Å². The normalized spacial score (nSPS) is 12.9. The summed E-state index contributed by atoms with van der Waals surface area (Å²) in [6.45, 7) is 0.263. The second kappa shape index (κ2) is 6.19. The summed E-state index contributed by atoms with van der Waals surface area (Å²) >= 11 is 0. The van der Waals surface area contributed by atoms with E-state index in [1.807, 2.05) is 0 Å². The molecule has 0 bridgehead atoms. The zero-order valence-corrected chi connectivity index (χ0v) is 10.1. The molecule has 0 spiro atoms. The van der Waals surface area contributed by atoms with Crippen LogP contribution in [-0.4, -0.2) is 61.3 Å². The summed E-state index contributed by atoms with van der Waals surface area (Å²) in [5.74, 6) is -3.60. The molecule has 0 saturated carbocycles. The Morgan fingerprint density at radius 3 is 2.18 bits per heavy atom. The van der Waals surface area contributed by atoms with Gasteiger partial charge in [-0.2, -0.15) is 0 Å². The van der Waals surface area contributed by atoms with Crippen molar-refractivity contribution in [3.05, 3.63) is 0 Å². The topological polar surface area (TPSA) is 104 Å². The second-order valence-electron chi connectivity index (χ2n) is 4.73. The highest BCUT2D eigenvalue weighted by Crippen LogP contribution is 2.05. The highest BCUT2D eigenvalue weighted by atomic mass is 16.5. The van der Waals surface area contributed by atoms with Gasteiger partial charge in [-0.25, -0.2) is 0 Å². The third kappa shape index (κ3) is 9.31. The smallest absolute Gasteiger partial charge is 0.317 e. The average molecular weight is 247 g/mol. The largest absolute Gasteiger partial charge is 0.550 e. The molecule has 0 fully saturated rings. The van der Waals surface area contributed by atoms with Gasteiger partial charge in [-0.05, 0) is 0 Å². The molecule has 0 amide bonds. The predicted molar refractivity (Wildman–Crippen MR) is 54.7 cm³/mol. The van der Waals surface area contributed by atoms with Crippen molar-refractivity contribution in [3.8, 4) is 0 Å². The molecular weight excluding hydrogens is 230 g/mol.